The Labute approximate surface area is 109 Å². The summed E-state index contributed by atoms with van der Waals surface area (Å²) in [5, 5.41) is 0. The van der Waals surface area contributed by atoms with Gasteiger partial charge in [0, 0.05) is 22.3 Å². The predicted octanol–water partition coefficient (Wildman–Crippen LogP) is 2.08. The number of hydrogen-bond donors (Lipinski definition) is 0. The molecule has 0 amide bonds. The van der Waals surface area contributed by atoms with Crippen molar-refractivity contribution < 1.29 is 9.59 Å². The molecule has 0 spiro atoms. The monoisotopic (exact) mass is 235 g/mol. The molecule has 2 aromatic rings. The van der Waals surface area contributed by atoms with E-state index in [2.05, 4.69) is 0 Å². The van der Waals surface area contributed by atoms with Gasteiger partial charge in [-0.25, -0.2) is 0 Å². The van der Waals surface area contributed by atoms with E-state index in [9.17, 15) is 9.59 Å². The molecule has 2 nitrogen and oxygen atoms in total. The van der Waals surface area contributed by atoms with Gasteiger partial charge in [0.15, 0.2) is 11.6 Å². The van der Waals surface area contributed by atoms with Gasteiger partial charge >= 0.3 is 17.4 Å². The van der Waals surface area contributed by atoms with Gasteiger partial charge in [0.25, 0.3) is 0 Å². The Morgan fingerprint density at radius 2 is 0.765 bits per heavy atom. The van der Waals surface area contributed by atoms with Crippen LogP contribution in [-0.4, -0.2) is 28.9 Å². The number of carbonyl (C=O) groups is 2. The maximum atomic E-state index is 12.1. The van der Waals surface area contributed by atoms with E-state index in [1.165, 1.54) is 0 Å². The van der Waals surface area contributed by atoms with Crippen molar-refractivity contribution in [3.8, 4) is 0 Å². The Morgan fingerprint density at radius 3 is 1.00 bits per heavy atom. The van der Waals surface area contributed by atoms with Crippen LogP contribution in [0.1, 0.15) is 31.8 Å². The first-order valence-corrected chi connectivity index (χ1v) is 5.06. The topological polar surface area (TPSA) is 34.1 Å². The van der Waals surface area contributed by atoms with Crippen LogP contribution in [-0.2, 0) is 0 Å². The van der Waals surface area contributed by atoms with E-state index in [-0.39, 0.29) is 28.9 Å². The second-order valence-corrected chi connectivity index (χ2v) is 3.75. The van der Waals surface area contributed by atoms with Crippen molar-refractivity contribution in [3.05, 3.63) is 70.8 Å². The van der Waals surface area contributed by atoms with Gasteiger partial charge < -0.3 is 0 Å². The number of rotatable bonds is 0. The molecule has 0 aliphatic heterocycles. The molecule has 1 aliphatic rings. The zero-order valence-corrected chi connectivity index (χ0v) is 10.2. The van der Waals surface area contributed by atoms with Crippen LogP contribution in [0.25, 0.3) is 0 Å². The van der Waals surface area contributed by atoms with E-state index in [1.807, 2.05) is 0 Å². The maximum absolute atomic E-state index is 12.1. The molecule has 0 fully saturated rings. The first-order valence-electron chi connectivity index (χ1n) is 5.06. The zero-order chi connectivity index (χ0) is 11.1. The van der Waals surface area contributed by atoms with Crippen LogP contribution in [0, 0.1) is 0 Å². The molecule has 0 radical (unpaired) electrons. The first kappa shape index (κ1) is 11.8. The summed E-state index contributed by atoms with van der Waals surface area (Å²) in [6.07, 6.45) is 0. The molecule has 1 aliphatic carbocycles. The van der Waals surface area contributed by atoms with Crippen molar-refractivity contribution in [2.75, 3.05) is 0 Å². The molecule has 0 atom stereocenters. The minimum absolute atomic E-state index is 0. The van der Waals surface area contributed by atoms with Gasteiger partial charge in [-0.2, -0.15) is 0 Å². The molecule has 0 unspecified atom stereocenters. The molecule has 76 valence electrons. The van der Waals surface area contributed by atoms with Crippen LogP contribution in [0.2, 0.25) is 0 Å². The fraction of sp³-hybridized carbons (Fsp3) is 0. The Hall–Kier alpha value is -1.69. The number of hydrogen-bond acceptors (Lipinski definition) is 2. The minimum atomic E-state index is -0.0641. The second kappa shape index (κ2) is 4.29. The summed E-state index contributed by atoms with van der Waals surface area (Å²) < 4.78 is 0. The van der Waals surface area contributed by atoms with Gasteiger partial charge in [-0.3, -0.25) is 9.59 Å². The summed E-state index contributed by atoms with van der Waals surface area (Å²) >= 11 is 0. The van der Waals surface area contributed by atoms with E-state index < -0.39 is 0 Å². The van der Waals surface area contributed by atoms with Crippen molar-refractivity contribution in [1.82, 2.24) is 0 Å². The van der Waals surface area contributed by atoms with Crippen LogP contribution in [0.15, 0.2) is 48.5 Å². The third-order valence-electron chi connectivity index (χ3n) is 2.83. The standard InChI is InChI=1S/C14H8O2.Al/c15-13-9-5-1-2-6-10(9)14(16)12-8-4-3-7-11(12)13;/h1-8H;/q;+3. The number of carbonyl (C=O) groups excluding carboxylic acids is 2. The average Bonchev–Trinajstić information content (AvgIpc) is 2.36. The van der Waals surface area contributed by atoms with Gasteiger partial charge in [-0.05, 0) is 0 Å². The fourth-order valence-electron chi connectivity index (χ4n) is 2.05. The molecule has 0 saturated carbocycles. The van der Waals surface area contributed by atoms with E-state index in [0.29, 0.717) is 22.3 Å². The Balaban J connectivity index is 0.00000108. The SMILES string of the molecule is O=C1c2ccccc2C(=O)c2ccccc21.[Al+3]. The summed E-state index contributed by atoms with van der Waals surface area (Å²) in [5.74, 6) is -0.128. The first-order chi connectivity index (χ1) is 7.79. The molecule has 0 heterocycles. The summed E-state index contributed by atoms with van der Waals surface area (Å²) in [6, 6.07) is 13.9. The third kappa shape index (κ3) is 1.65. The largest absolute Gasteiger partial charge is 3.00 e. The molecule has 3 heteroatoms. The van der Waals surface area contributed by atoms with Crippen LogP contribution < -0.4 is 0 Å². The Morgan fingerprint density at radius 1 is 0.529 bits per heavy atom. The maximum Gasteiger partial charge on any atom is 3.00 e. The van der Waals surface area contributed by atoms with Crippen LogP contribution in [0.3, 0.4) is 0 Å². The van der Waals surface area contributed by atoms with E-state index >= 15 is 0 Å². The summed E-state index contributed by atoms with van der Waals surface area (Å²) in [7, 11) is 0. The molecule has 0 bridgehead atoms. The fourth-order valence-corrected chi connectivity index (χ4v) is 2.05. The molecular formula is C14H8AlO2+3. The van der Waals surface area contributed by atoms with Crippen molar-refractivity contribution in [3.63, 3.8) is 0 Å². The molecule has 0 aromatic heterocycles. The van der Waals surface area contributed by atoms with Crippen molar-refractivity contribution in [2.45, 2.75) is 0 Å². The molecule has 3 rings (SSSR count). The predicted molar refractivity (Wildman–Crippen MR) is 65.5 cm³/mol. The summed E-state index contributed by atoms with van der Waals surface area (Å²) in [6.45, 7) is 0. The molecule has 0 N–H and O–H groups in total. The Kier molecular flexibility index (Phi) is 2.98. The van der Waals surface area contributed by atoms with Crippen molar-refractivity contribution in [1.29, 1.82) is 0 Å². The smallest absolute Gasteiger partial charge is 0.289 e. The van der Waals surface area contributed by atoms with Crippen LogP contribution in [0.5, 0.6) is 0 Å². The van der Waals surface area contributed by atoms with Gasteiger partial charge in [-0.15, -0.1) is 0 Å². The number of ketones is 2. The molecule has 0 saturated heterocycles. The third-order valence-corrected chi connectivity index (χ3v) is 2.83. The molecule has 2 aromatic carbocycles. The normalized spacial score (nSPS) is 12.5. The number of fused-ring (bicyclic) bond motifs is 2. The summed E-state index contributed by atoms with van der Waals surface area (Å²) in [4.78, 5) is 24.2. The Bertz CT molecular complexity index is 512. The average molecular weight is 235 g/mol. The number of benzene rings is 2. The van der Waals surface area contributed by atoms with Crippen LogP contribution >= 0.6 is 0 Å². The zero-order valence-electron chi connectivity index (χ0n) is 9.01. The molecular weight excluding hydrogens is 227 g/mol. The van der Waals surface area contributed by atoms with E-state index in [0.717, 1.165) is 0 Å². The molecule has 17 heavy (non-hydrogen) atoms. The van der Waals surface area contributed by atoms with Crippen LogP contribution in [0.4, 0.5) is 0 Å². The van der Waals surface area contributed by atoms with Gasteiger partial charge in [-0.1, -0.05) is 48.5 Å². The van der Waals surface area contributed by atoms with Crippen molar-refractivity contribution in [2.24, 2.45) is 0 Å². The minimum Gasteiger partial charge on any atom is -0.289 e. The van der Waals surface area contributed by atoms with Gasteiger partial charge in [0.1, 0.15) is 0 Å². The second-order valence-electron chi connectivity index (χ2n) is 3.75. The summed E-state index contributed by atoms with van der Waals surface area (Å²) in [5.41, 5.74) is 2.02. The quantitative estimate of drug-likeness (QED) is 0.559. The van der Waals surface area contributed by atoms with Gasteiger partial charge in [0.05, 0.1) is 0 Å². The van der Waals surface area contributed by atoms with E-state index in [4.69, 9.17) is 0 Å². The van der Waals surface area contributed by atoms with Crippen molar-refractivity contribution >= 4 is 28.9 Å². The van der Waals surface area contributed by atoms with E-state index in [1.54, 1.807) is 48.5 Å². The van der Waals surface area contributed by atoms with Gasteiger partial charge in [0.2, 0.25) is 0 Å².